The third kappa shape index (κ3) is 4.79. The molecule has 0 saturated carbocycles. The van der Waals surface area contributed by atoms with E-state index in [1.807, 2.05) is 0 Å². The summed E-state index contributed by atoms with van der Waals surface area (Å²) in [6.07, 6.45) is 0. The van der Waals surface area contributed by atoms with Crippen LogP contribution in [0.2, 0.25) is 0 Å². The molecule has 2 nitrogen and oxygen atoms in total. The first-order chi connectivity index (χ1) is 30.3. The molecule has 0 bridgehead atoms. The van der Waals surface area contributed by atoms with E-state index >= 15 is 0 Å². The summed E-state index contributed by atoms with van der Waals surface area (Å²) in [5.74, 6) is 0. The maximum Gasteiger partial charge on any atom is 0.160 e. The fourth-order valence-electron chi connectivity index (χ4n) is 10.7. The van der Waals surface area contributed by atoms with Crippen molar-refractivity contribution in [2.24, 2.45) is 0 Å². The Morgan fingerprint density at radius 2 is 0.803 bits per heavy atom. The maximum atomic E-state index is 7.26. The molecule has 0 N–H and O–H groups in total. The highest BCUT2D eigenvalue weighted by atomic mass is 16.3. The molecule has 0 aliphatic heterocycles. The fourth-order valence-corrected chi connectivity index (χ4v) is 10.7. The van der Waals surface area contributed by atoms with Crippen LogP contribution in [0.4, 0.5) is 17.1 Å². The molecule has 10 aromatic carbocycles. The third-order valence-electron chi connectivity index (χ3n) is 13.3. The van der Waals surface area contributed by atoms with Gasteiger partial charge >= 0.3 is 0 Å². The van der Waals surface area contributed by atoms with Crippen LogP contribution in [0.15, 0.2) is 229 Å². The van der Waals surface area contributed by atoms with Crippen LogP contribution in [0, 0.1) is 0 Å². The zero-order valence-corrected chi connectivity index (χ0v) is 33.2. The zero-order chi connectivity index (χ0) is 40.1. The number of fused-ring (bicyclic) bond motifs is 15. The van der Waals surface area contributed by atoms with Gasteiger partial charge in [0, 0.05) is 33.1 Å². The Morgan fingerprint density at radius 1 is 0.311 bits per heavy atom. The van der Waals surface area contributed by atoms with E-state index in [4.69, 9.17) is 4.42 Å². The van der Waals surface area contributed by atoms with Crippen molar-refractivity contribution in [3.05, 3.63) is 247 Å². The second-order valence-corrected chi connectivity index (χ2v) is 16.3. The number of furan rings is 1. The van der Waals surface area contributed by atoms with Crippen LogP contribution in [0.5, 0.6) is 0 Å². The van der Waals surface area contributed by atoms with E-state index < -0.39 is 5.41 Å². The van der Waals surface area contributed by atoms with Gasteiger partial charge in [0.15, 0.2) is 5.58 Å². The Hall–Kier alpha value is -7.94. The van der Waals surface area contributed by atoms with Crippen LogP contribution in [0.25, 0.3) is 77.2 Å². The van der Waals surface area contributed by atoms with Crippen LogP contribution in [0.1, 0.15) is 22.3 Å². The highest BCUT2D eigenvalue weighted by Crippen LogP contribution is 2.63. The number of anilines is 3. The normalized spacial score (nSPS) is 13.0. The van der Waals surface area contributed by atoms with Crippen molar-refractivity contribution in [1.82, 2.24) is 0 Å². The summed E-state index contributed by atoms with van der Waals surface area (Å²) in [4.78, 5) is 2.45. The predicted molar refractivity (Wildman–Crippen MR) is 253 cm³/mol. The molecule has 2 heteroatoms. The van der Waals surface area contributed by atoms with E-state index in [0.717, 1.165) is 60.9 Å². The predicted octanol–water partition coefficient (Wildman–Crippen LogP) is 15.9. The smallest absolute Gasteiger partial charge is 0.160 e. The molecular formula is C59H37NO. The van der Waals surface area contributed by atoms with Crippen molar-refractivity contribution < 1.29 is 4.42 Å². The van der Waals surface area contributed by atoms with Crippen LogP contribution in [0.3, 0.4) is 0 Å². The standard InChI is InChI=1S/C59H37NO/c1-3-15-38(16-4-1)39-27-30-42(31-28-39)60(56-44(40-17-5-2-6-18-40)35-36-51-50-33-29-41-19-7-8-20-45(41)57(50)61-58(51)56)43-32-34-49-48-23-11-14-26-54(48)59(55(49)37-43)52-24-12-9-21-46(52)47-22-10-13-25-53(47)59/h1-37H. The molecule has 2 aliphatic carbocycles. The zero-order valence-electron chi connectivity index (χ0n) is 33.2. The molecule has 13 rings (SSSR count). The van der Waals surface area contributed by atoms with Gasteiger partial charge in [0.05, 0.1) is 11.1 Å². The Bertz CT molecular complexity index is 3460. The number of benzene rings is 10. The first-order valence-electron chi connectivity index (χ1n) is 21.1. The van der Waals surface area contributed by atoms with Crippen LogP contribution in [-0.4, -0.2) is 0 Å². The SMILES string of the molecule is c1ccc(-c2ccc(N(c3ccc4c(c3)C3(c5ccccc5-c5ccccc53)c3ccccc3-4)c3c(-c4ccccc4)ccc4c3oc3c5ccccc5ccc43)cc2)cc1. The average Bonchev–Trinajstić information content (AvgIpc) is 3.97. The van der Waals surface area contributed by atoms with Gasteiger partial charge in [-0.2, -0.15) is 0 Å². The monoisotopic (exact) mass is 775 g/mol. The number of nitrogens with zero attached hydrogens (tertiary/aromatic N) is 1. The minimum atomic E-state index is -0.482. The molecular weight excluding hydrogens is 739 g/mol. The largest absolute Gasteiger partial charge is 0.453 e. The summed E-state index contributed by atoms with van der Waals surface area (Å²) in [5, 5.41) is 4.47. The molecule has 11 aromatic rings. The second kappa shape index (κ2) is 13.0. The van der Waals surface area contributed by atoms with Gasteiger partial charge in [0.1, 0.15) is 5.58 Å². The van der Waals surface area contributed by atoms with Gasteiger partial charge in [0.25, 0.3) is 0 Å². The first kappa shape index (κ1) is 34.0. The van der Waals surface area contributed by atoms with Gasteiger partial charge in [0.2, 0.25) is 0 Å². The molecule has 1 spiro atoms. The van der Waals surface area contributed by atoms with Gasteiger partial charge in [-0.1, -0.05) is 188 Å². The summed E-state index contributed by atoms with van der Waals surface area (Å²) < 4.78 is 7.26. The van der Waals surface area contributed by atoms with E-state index in [1.165, 1.54) is 55.6 Å². The molecule has 1 heterocycles. The lowest BCUT2D eigenvalue weighted by molar-refractivity contribution is 0.673. The van der Waals surface area contributed by atoms with Crippen molar-refractivity contribution in [2.45, 2.75) is 5.41 Å². The highest BCUT2D eigenvalue weighted by molar-refractivity contribution is 6.19. The molecule has 61 heavy (non-hydrogen) atoms. The van der Waals surface area contributed by atoms with E-state index in [2.05, 4.69) is 229 Å². The molecule has 0 fully saturated rings. The minimum absolute atomic E-state index is 0.482. The number of rotatable bonds is 5. The van der Waals surface area contributed by atoms with Gasteiger partial charge in [-0.05, 0) is 103 Å². The first-order valence-corrected chi connectivity index (χ1v) is 21.1. The van der Waals surface area contributed by atoms with E-state index in [9.17, 15) is 0 Å². The lowest BCUT2D eigenvalue weighted by atomic mass is 9.70. The summed E-state index contributed by atoms with van der Waals surface area (Å²) >= 11 is 0. The summed E-state index contributed by atoms with van der Waals surface area (Å²) in [7, 11) is 0. The lowest BCUT2D eigenvalue weighted by Crippen LogP contribution is -2.26. The second-order valence-electron chi connectivity index (χ2n) is 16.3. The molecule has 2 aliphatic rings. The van der Waals surface area contributed by atoms with Gasteiger partial charge in [-0.25, -0.2) is 0 Å². The Labute approximate surface area is 354 Å². The molecule has 0 saturated heterocycles. The minimum Gasteiger partial charge on any atom is -0.453 e. The van der Waals surface area contributed by atoms with Crippen molar-refractivity contribution >= 4 is 49.8 Å². The van der Waals surface area contributed by atoms with Crippen molar-refractivity contribution in [3.63, 3.8) is 0 Å². The van der Waals surface area contributed by atoms with Crippen molar-refractivity contribution in [1.29, 1.82) is 0 Å². The molecule has 0 radical (unpaired) electrons. The maximum absolute atomic E-state index is 7.26. The Balaban J connectivity index is 1.14. The van der Waals surface area contributed by atoms with Gasteiger partial charge < -0.3 is 9.32 Å². The fraction of sp³-hybridized carbons (Fsp3) is 0.0169. The van der Waals surface area contributed by atoms with E-state index in [1.54, 1.807) is 0 Å². The van der Waals surface area contributed by atoms with Crippen molar-refractivity contribution in [3.8, 4) is 44.5 Å². The quantitative estimate of drug-likeness (QED) is 0.173. The van der Waals surface area contributed by atoms with E-state index in [0.29, 0.717) is 0 Å². The van der Waals surface area contributed by atoms with E-state index in [-0.39, 0.29) is 0 Å². The Morgan fingerprint density at radius 3 is 1.48 bits per heavy atom. The van der Waals surface area contributed by atoms with Crippen LogP contribution in [-0.2, 0) is 5.41 Å². The topological polar surface area (TPSA) is 16.4 Å². The summed E-state index contributed by atoms with van der Waals surface area (Å²) in [5.41, 5.74) is 19.4. The number of hydrogen-bond donors (Lipinski definition) is 0. The third-order valence-corrected chi connectivity index (χ3v) is 13.3. The van der Waals surface area contributed by atoms with Gasteiger partial charge in [-0.15, -0.1) is 0 Å². The van der Waals surface area contributed by atoms with Gasteiger partial charge in [-0.3, -0.25) is 0 Å². The Kier molecular flexibility index (Phi) is 7.26. The van der Waals surface area contributed by atoms with Crippen LogP contribution < -0.4 is 4.90 Å². The average molecular weight is 776 g/mol. The van der Waals surface area contributed by atoms with Crippen LogP contribution >= 0.6 is 0 Å². The molecule has 0 atom stereocenters. The molecule has 284 valence electrons. The molecule has 0 unspecified atom stereocenters. The highest BCUT2D eigenvalue weighted by Gasteiger charge is 2.51. The molecule has 1 aromatic heterocycles. The number of hydrogen-bond acceptors (Lipinski definition) is 2. The summed E-state index contributed by atoms with van der Waals surface area (Å²) in [6, 6.07) is 82.2. The summed E-state index contributed by atoms with van der Waals surface area (Å²) in [6.45, 7) is 0. The molecule has 0 amide bonds. The van der Waals surface area contributed by atoms with Crippen molar-refractivity contribution in [2.75, 3.05) is 4.90 Å². The lowest BCUT2D eigenvalue weighted by Gasteiger charge is -2.32.